The molecule has 1 atom stereocenters. The molecule has 5 nitrogen and oxygen atoms in total. The Labute approximate surface area is 226 Å². The Kier molecular flexibility index (Phi) is 8.63. The predicted octanol–water partition coefficient (Wildman–Crippen LogP) is 7.38. The molecular formula is C32H37O5P. The minimum absolute atomic E-state index is 0.0649. The van der Waals surface area contributed by atoms with Gasteiger partial charge in [-0.1, -0.05) is 67.1 Å². The topological polar surface area (TPSA) is 77.5 Å². The number of benzene rings is 3. The average Bonchev–Trinajstić information content (AvgIpc) is 2.86. The molecular weight excluding hydrogens is 495 g/mol. The summed E-state index contributed by atoms with van der Waals surface area (Å²) in [6.07, 6.45) is 0.653. The highest BCUT2D eigenvalue weighted by Crippen LogP contribution is 2.52. The van der Waals surface area contributed by atoms with Crippen LogP contribution in [0, 0.1) is 40.0 Å². The van der Waals surface area contributed by atoms with Crippen molar-refractivity contribution in [2.45, 2.75) is 68.4 Å². The van der Waals surface area contributed by atoms with Crippen LogP contribution < -0.4 is 5.30 Å². The van der Waals surface area contributed by atoms with Crippen LogP contribution >= 0.6 is 7.14 Å². The summed E-state index contributed by atoms with van der Waals surface area (Å²) >= 11 is 0. The summed E-state index contributed by atoms with van der Waals surface area (Å²) in [5.74, 6) is -0.293. The van der Waals surface area contributed by atoms with Crippen LogP contribution in [-0.4, -0.2) is 17.0 Å². The standard InChI is InChI=1S/C32H37O5P/c1-9-32(7,8)31(35)37-19-25-17-23(5)28(24(6)18-25)30(34)38(36,26-13-11-10-12-14-26)29(33)27-21(3)15-20(2)16-22(27)4/h10-18H,9,19H2,1-8H3. The Bertz CT molecular complexity index is 1400. The normalized spacial score (nSPS) is 13.1. The second-order valence-corrected chi connectivity index (χ2v) is 13.3. The molecule has 0 fully saturated rings. The van der Waals surface area contributed by atoms with Crippen LogP contribution in [0.15, 0.2) is 54.6 Å². The van der Waals surface area contributed by atoms with Gasteiger partial charge in [-0.05, 0) is 82.7 Å². The lowest BCUT2D eigenvalue weighted by Gasteiger charge is -2.22. The van der Waals surface area contributed by atoms with Crippen LogP contribution in [0.4, 0.5) is 0 Å². The molecule has 0 bridgehead atoms. The SMILES string of the molecule is CCC(C)(C)C(=O)OCc1cc(C)c(C(=O)P(=O)(C(=O)c2c(C)cc(C)cc2C)c2ccccc2)c(C)c1. The number of carbonyl (C=O) groups is 3. The molecule has 0 aromatic heterocycles. The fraction of sp³-hybridized carbons (Fsp3) is 0.344. The van der Waals surface area contributed by atoms with E-state index in [1.807, 2.05) is 39.8 Å². The van der Waals surface area contributed by atoms with E-state index < -0.39 is 23.6 Å². The van der Waals surface area contributed by atoms with Gasteiger partial charge in [0.25, 0.3) is 0 Å². The number of ether oxygens (including phenoxy) is 1. The molecule has 0 saturated heterocycles. The largest absolute Gasteiger partial charge is 0.460 e. The molecule has 0 aliphatic rings. The van der Waals surface area contributed by atoms with Crippen molar-refractivity contribution < 1.29 is 23.7 Å². The molecule has 3 rings (SSSR count). The Hall–Kier alpha value is -3.30. The average molecular weight is 533 g/mol. The minimum Gasteiger partial charge on any atom is -0.460 e. The molecule has 0 spiro atoms. The second kappa shape index (κ2) is 11.2. The van der Waals surface area contributed by atoms with E-state index >= 15 is 0 Å². The van der Waals surface area contributed by atoms with Gasteiger partial charge in [-0.3, -0.25) is 14.4 Å². The van der Waals surface area contributed by atoms with Crippen molar-refractivity contribution in [3.63, 3.8) is 0 Å². The van der Waals surface area contributed by atoms with Crippen LogP contribution in [0.5, 0.6) is 0 Å². The van der Waals surface area contributed by atoms with Crippen molar-refractivity contribution in [2.75, 3.05) is 0 Å². The van der Waals surface area contributed by atoms with Gasteiger partial charge in [-0.2, -0.15) is 0 Å². The van der Waals surface area contributed by atoms with E-state index in [1.165, 1.54) is 0 Å². The fourth-order valence-electron chi connectivity index (χ4n) is 4.76. The van der Waals surface area contributed by atoms with Crippen molar-refractivity contribution in [1.82, 2.24) is 0 Å². The van der Waals surface area contributed by atoms with Crippen molar-refractivity contribution in [1.29, 1.82) is 0 Å². The van der Waals surface area contributed by atoms with Crippen LogP contribution in [0.25, 0.3) is 0 Å². The van der Waals surface area contributed by atoms with Crippen molar-refractivity contribution in [2.24, 2.45) is 5.41 Å². The van der Waals surface area contributed by atoms with Gasteiger partial charge in [-0.25, -0.2) is 0 Å². The van der Waals surface area contributed by atoms with Crippen molar-refractivity contribution in [3.8, 4) is 0 Å². The van der Waals surface area contributed by atoms with E-state index in [9.17, 15) is 18.9 Å². The zero-order valence-electron chi connectivity index (χ0n) is 23.6. The Morgan fingerprint density at radius 2 is 1.21 bits per heavy atom. The third kappa shape index (κ3) is 5.59. The Balaban J connectivity index is 2.10. The van der Waals surface area contributed by atoms with Crippen molar-refractivity contribution in [3.05, 3.63) is 99.1 Å². The summed E-state index contributed by atoms with van der Waals surface area (Å²) in [5.41, 5.74) is 2.93. The molecule has 0 radical (unpaired) electrons. The van der Waals surface area contributed by atoms with E-state index in [0.717, 1.165) is 11.1 Å². The smallest absolute Gasteiger partial charge is 0.311 e. The van der Waals surface area contributed by atoms with Crippen molar-refractivity contribution >= 4 is 29.5 Å². The van der Waals surface area contributed by atoms with Gasteiger partial charge in [0.2, 0.25) is 18.2 Å². The Morgan fingerprint density at radius 1 is 0.763 bits per heavy atom. The summed E-state index contributed by atoms with van der Waals surface area (Å²) in [5, 5.41) is 0.216. The van der Waals surface area contributed by atoms with Gasteiger partial charge in [-0.15, -0.1) is 0 Å². The molecule has 3 aromatic rings. The number of carbonyl (C=O) groups excluding carboxylic acids is 3. The zero-order chi connectivity index (χ0) is 28.4. The first-order valence-corrected chi connectivity index (χ1v) is 14.5. The lowest BCUT2D eigenvalue weighted by atomic mass is 9.91. The maximum atomic E-state index is 14.8. The molecule has 6 heteroatoms. The molecule has 1 unspecified atom stereocenters. The van der Waals surface area contributed by atoms with E-state index in [1.54, 1.807) is 70.2 Å². The molecule has 38 heavy (non-hydrogen) atoms. The van der Waals surface area contributed by atoms with Gasteiger partial charge < -0.3 is 9.30 Å². The molecule has 0 heterocycles. The van der Waals surface area contributed by atoms with E-state index in [2.05, 4.69) is 0 Å². The van der Waals surface area contributed by atoms with Crippen LogP contribution in [0.1, 0.15) is 81.3 Å². The number of hydrogen-bond donors (Lipinski definition) is 0. The summed E-state index contributed by atoms with van der Waals surface area (Å²) in [4.78, 5) is 40.7. The first kappa shape index (κ1) is 29.3. The Morgan fingerprint density at radius 3 is 1.66 bits per heavy atom. The summed E-state index contributed by atoms with van der Waals surface area (Å²) in [6, 6.07) is 15.6. The molecule has 200 valence electrons. The zero-order valence-corrected chi connectivity index (χ0v) is 24.5. The molecule has 0 saturated carbocycles. The lowest BCUT2D eigenvalue weighted by molar-refractivity contribution is -0.155. The van der Waals surface area contributed by atoms with Gasteiger partial charge >= 0.3 is 5.97 Å². The quantitative estimate of drug-likeness (QED) is 0.212. The fourth-order valence-corrected chi connectivity index (χ4v) is 7.34. The molecule has 0 amide bonds. The first-order valence-electron chi connectivity index (χ1n) is 12.8. The van der Waals surface area contributed by atoms with Crippen LogP contribution in [-0.2, 0) is 20.7 Å². The molecule has 0 aliphatic carbocycles. The second-order valence-electron chi connectivity index (χ2n) is 10.7. The highest BCUT2D eigenvalue weighted by atomic mass is 31.2. The lowest BCUT2D eigenvalue weighted by Crippen LogP contribution is -2.25. The number of hydrogen-bond acceptors (Lipinski definition) is 5. The van der Waals surface area contributed by atoms with Gasteiger partial charge in [0.05, 0.1) is 5.41 Å². The maximum absolute atomic E-state index is 14.8. The third-order valence-electron chi connectivity index (χ3n) is 7.20. The summed E-state index contributed by atoms with van der Waals surface area (Å²) < 4.78 is 20.3. The van der Waals surface area contributed by atoms with E-state index in [4.69, 9.17) is 4.74 Å². The van der Waals surface area contributed by atoms with Gasteiger partial charge in [0.1, 0.15) is 6.61 Å². The summed E-state index contributed by atoms with van der Waals surface area (Å²) in [7, 11) is -4.26. The monoisotopic (exact) mass is 532 g/mol. The molecule has 0 aliphatic heterocycles. The summed E-state index contributed by atoms with van der Waals surface area (Å²) in [6.45, 7) is 14.7. The van der Waals surface area contributed by atoms with Gasteiger partial charge in [0.15, 0.2) is 0 Å². The first-order chi connectivity index (χ1) is 17.7. The number of rotatable bonds is 9. The minimum atomic E-state index is -4.26. The highest BCUT2D eigenvalue weighted by Gasteiger charge is 2.44. The maximum Gasteiger partial charge on any atom is 0.311 e. The molecule has 3 aromatic carbocycles. The molecule has 0 N–H and O–H groups in total. The highest BCUT2D eigenvalue weighted by molar-refractivity contribution is 8.01. The van der Waals surface area contributed by atoms with E-state index in [-0.39, 0.29) is 23.4 Å². The van der Waals surface area contributed by atoms with Gasteiger partial charge in [0, 0.05) is 16.4 Å². The van der Waals surface area contributed by atoms with Crippen LogP contribution in [0.3, 0.4) is 0 Å². The predicted molar refractivity (Wildman–Crippen MR) is 153 cm³/mol. The number of aryl methyl sites for hydroxylation is 5. The van der Waals surface area contributed by atoms with Crippen LogP contribution in [0.2, 0.25) is 0 Å². The van der Waals surface area contributed by atoms with E-state index in [0.29, 0.717) is 34.2 Å². The number of esters is 1. The third-order valence-corrected chi connectivity index (χ3v) is 9.81.